The quantitative estimate of drug-likeness (QED) is 0.160. The zero-order valence-electron chi connectivity index (χ0n) is 31.3. The molecule has 0 unspecified atom stereocenters. The van der Waals surface area contributed by atoms with Gasteiger partial charge in [-0.25, -0.2) is 0 Å². The van der Waals surface area contributed by atoms with Crippen molar-refractivity contribution in [1.29, 1.82) is 0 Å². The molecule has 1 aliphatic heterocycles. The lowest BCUT2D eigenvalue weighted by atomic mass is 9.96. The number of nitrogens with two attached hydrogens (primary N) is 1. The lowest BCUT2D eigenvalue weighted by Crippen LogP contribution is -2.27. The number of hydrogen-bond donors (Lipinski definition) is 3. The maximum Gasteiger partial charge on any atom is 0.224 e. The van der Waals surface area contributed by atoms with E-state index in [0.29, 0.717) is 12.5 Å². The van der Waals surface area contributed by atoms with Crippen LogP contribution in [0.1, 0.15) is 95.5 Å². The lowest BCUT2D eigenvalue weighted by Gasteiger charge is -2.20. The number of aliphatic imine (C=N–C) groups is 1. The van der Waals surface area contributed by atoms with Crippen LogP contribution in [0.3, 0.4) is 0 Å². The van der Waals surface area contributed by atoms with E-state index >= 15 is 0 Å². The summed E-state index contributed by atoms with van der Waals surface area (Å²) in [4.78, 5) is 17.3. The molecule has 0 aromatic heterocycles. The Balaban J connectivity index is -0.000000581. The number of terminal acetylenes is 1. The second-order valence-corrected chi connectivity index (χ2v) is 11.6. The van der Waals surface area contributed by atoms with Gasteiger partial charge in [0.2, 0.25) is 5.91 Å². The molecule has 1 atom stereocenters. The van der Waals surface area contributed by atoms with Gasteiger partial charge >= 0.3 is 0 Å². The highest BCUT2D eigenvalue weighted by Crippen LogP contribution is 2.34. The molecule has 270 valence electrons. The van der Waals surface area contributed by atoms with Gasteiger partial charge in [0.15, 0.2) is 0 Å². The Hall–Kier alpha value is -4.44. The SMILES string of the molecule is C.C#C.C/C1=C/C2=C(CC=CC1)CCC(=O)N2.C=C(C)C.C=CC(/C=C\N(C)C)=N\C=C\C.C=Cc1ccc2c(c1C)CC[C@@H]2NC.CN. The van der Waals surface area contributed by atoms with Gasteiger partial charge in [-0.3, -0.25) is 9.79 Å². The average Bonchev–Trinajstić information content (AvgIpc) is 3.50. The molecule has 0 radical (unpaired) electrons. The number of rotatable bonds is 6. The Morgan fingerprint density at radius 2 is 1.69 bits per heavy atom. The molecule has 6 heteroatoms. The number of hydrogen-bond acceptors (Lipinski definition) is 5. The Bertz CT molecular complexity index is 1360. The first-order valence-corrected chi connectivity index (χ1v) is 16.4. The summed E-state index contributed by atoms with van der Waals surface area (Å²) in [5.41, 5.74) is 15.9. The maximum absolute atomic E-state index is 11.2. The molecule has 1 aromatic rings. The minimum Gasteiger partial charge on any atom is -0.383 e. The molecule has 49 heavy (non-hydrogen) atoms. The van der Waals surface area contributed by atoms with Crippen LogP contribution in [0.4, 0.5) is 0 Å². The third kappa shape index (κ3) is 20.5. The molecule has 0 saturated carbocycles. The van der Waals surface area contributed by atoms with Gasteiger partial charge in [0, 0.05) is 44.7 Å². The summed E-state index contributed by atoms with van der Waals surface area (Å²) in [7, 11) is 7.47. The molecule has 4 N–H and O–H groups in total. The van der Waals surface area contributed by atoms with Crippen molar-refractivity contribution < 1.29 is 4.79 Å². The predicted molar refractivity (Wildman–Crippen MR) is 220 cm³/mol. The van der Waals surface area contributed by atoms with Crippen LogP contribution in [0.5, 0.6) is 0 Å². The predicted octanol–water partition coefficient (Wildman–Crippen LogP) is 9.56. The zero-order chi connectivity index (χ0) is 37.1. The summed E-state index contributed by atoms with van der Waals surface area (Å²) in [6, 6.07) is 4.98. The van der Waals surface area contributed by atoms with Gasteiger partial charge in [0.05, 0.1) is 5.71 Å². The third-order valence-corrected chi connectivity index (χ3v) is 7.10. The first-order chi connectivity index (χ1) is 23.0. The first kappa shape index (κ1) is 49.0. The number of amides is 1. The van der Waals surface area contributed by atoms with Crippen molar-refractivity contribution in [2.75, 3.05) is 28.2 Å². The Morgan fingerprint density at radius 3 is 2.22 bits per heavy atom. The van der Waals surface area contributed by atoms with Crippen molar-refractivity contribution >= 4 is 17.7 Å². The highest BCUT2D eigenvalue weighted by atomic mass is 16.1. The Morgan fingerprint density at radius 1 is 1.08 bits per heavy atom. The number of carbonyl (C=O) groups excluding carboxylic acids is 1. The van der Waals surface area contributed by atoms with Crippen molar-refractivity contribution in [3.05, 3.63) is 125 Å². The second kappa shape index (κ2) is 29.7. The summed E-state index contributed by atoms with van der Waals surface area (Å²) in [6.45, 7) is 21.2. The third-order valence-electron chi connectivity index (χ3n) is 7.10. The van der Waals surface area contributed by atoms with Gasteiger partial charge in [-0.1, -0.05) is 68.2 Å². The molecule has 0 fully saturated rings. The molecule has 4 rings (SSSR count). The molecule has 2 aliphatic carbocycles. The van der Waals surface area contributed by atoms with E-state index in [4.69, 9.17) is 0 Å². The van der Waals surface area contributed by atoms with Crippen molar-refractivity contribution in [3.8, 4) is 12.8 Å². The smallest absolute Gasteiger partial charge is 0.224 e. The number of fused-ring (bicyclic) bond motifs is 1. The molecule has 1 heterocycles. The Labute approximate surface area is 301 Å². The van der Waals surface area contributed by atoms with Crippen LogP contribution in [0.25, 0.3) is 6.08 Å². The van der Waals surface area contributed by atoms with Crippen LogP contribution in [-0.2, 0) is 11.2 Å². The zero-order valence-corrected chi connectivity index (χ0v) is 31.3. The van der Waals surface area contributed by atoms with E-state index < -0.39 is 0 Å². The van der Waals surface area contributed by atoms with Gasteiger partial charge in [0.25, 0.3) is 0 Å². The number of nitrogens with zero attached hydrogens (tertiary/aromatic N) is 2. The van der Waals surface area contributed by atoms with Crippen LogP contribution in [0.2, 0.25) is 0 Å². The first-order valence-electron chi connectivity index (χ1n) is 16.4. The van der Waals surface area contributed by atoms with Crippen LogP contribution in [0.15, 0.2) is 108 Å². The standard InChI is InChI=1S/C13H17N.C12H15NO.C10H16N2.C4H8.C2H2.CH5N.CH4/c1-4-10-5-6-12-11(9(10)2)7-8-13(12)14-3;1-9-4-2-3-5-10-6-7-12(14)13-11(10)8-9;1-5-8-11-10(6-2)7-9-12(3)4;1-4(2)3;2*1-2;/h4-6,13-14H,1,7-8H2,2-3H3;2-3,8H,4-7H2,1H3,(H,13,14);5-9H,2H2,1,3-4H3;1H2,2-3H3;1-2H;2H2,1H3;1H4/b;3-2?,9-8-;8-5+,9-7-,11-10+;;;;/t13-;;;;;;/m0....../s1. The number of benzene rings is 1. The molecular formula is C43H67N5O. The van der Waals surface area contributed by atoms with Crippen molar-refractivity contribution in [3.63, 3.8) is 0 Å². The molecule has 3 aliphatic rings. The fourth-order valence-electron chi connectivity index (χ4n) is 4.82. The maximum atomic E-state index is 11.2. The van der Waals surface area contributed by atoms with Crippen molar-refractivity contribution in [2.24, 2.45) is 10.7 Å². The van der Waals surface area contributed by atoms with Gasteiger partial charge in [-0.15, -0.1) is 19.4 Å². The fraction of sp³-hybridized carbons (Fsp3) is 0.395. The van der Waals surface area contributed by atoms with Crippen LogP contribution >= 0.6 is 0 Å². The minimum atomic E-state index is 0. The molecule has 0 bridgehead atoms. The van der Waals surface area contributed by atoms with Crippen LogP contribution in [-0.4, -0.2) is 44.7 Å². The van der Waals surface area contributed by atoms with Gasteiger partial charge in [0.1, 0.15) is 0 Å². The van der Waals surface area contributed by atoms with E-state index in [9.17, 15) is 4.79 Å². The molecule has 1 amide bonds. The summed E-state index contributed by atoms with van der Waals surface area (Å²) < 4.78 is 0. The highest BCUT2D eigenvalue weighted by molar-refractivity contribution is 6.03. The van der Waals surface area contributed by atoms with E-state index in [0.717, 1.165) is 30.7 Å². The molecule has 6 nitrogen and oxygen atoms in total. The van der Waals surface area contributed by atoms with E-state index in [1.807, 2.05) is 71.2 Å². The van der Waals surface area contributed by atoms with Gasteiger partial charge < -0.3 is 21.3 Å². The monoisotopic (exact) mass is 670 g/mol. The summed E-state index contributed by atoms with van der Waals surface area (Å²) in [5.74, 6) is 0.150. The van der Waals surface area contributed by atoms with Crippen LogP contribution < -0.4 is 16.4 Å². The molecular weight excluding hydrogens is 603 g/mol. The largest absolute Gasteiger partial charge is 0.383 e. The molecule has 0 spiro atoms. The fourth-order valence-corrected chi connectivity index (χ4v) is 4.82. The summed E-state index contributed by atoms with van der Waals surface area (Å²) >= 11 is 0. The minimum absolute atomic E-state index is 0. The average molecular weight is 670 g/mol. The summed E-state index contributed by atoms with van der Waals surface area (Å²) in [5, 5.41) is 6.31. The number of carbonyl (C=O) groups is 1. The number of allylic oxidation sites excluding steroid dienone is 9. The Kier molecular flexibility index (Phi) is 29.7. The van der Waals surface area contributed by atoms with E-state index in [-0.39, 0.29) is 13.3 Å². The number of nitrogens with one attached hydrogen (secondary N) is 2. The van der Waals surface area contributed by atoms with Gasteiger partial charge in [-0.05, 0) is 127 Å². The van der Waals surface area contributed by atoms with Crippen LogP contribution in [0, 0.1) is 19.8 Å². The summed E-state index contributed by atoms with van der Waals surface area (Å²) in [6.07, 6.45) is 31.6. The molecule has 0 saturated heterocycles. The highest BCUT2D eigenvalue weighted by Gasteiger charge is 2.22. The van der Waals surface area contributed by atoms with E-state index in [2.05, 4.69) is 98.2 Å². The van der Waals surface area contributed by atoms with Gasteiger partial charge in [-0.2, -0.15) is 0 Å². The lowest BCUT2D eigenvalue weighted by molar-refractivity contribution is -0.120. The van der Waals surface area contributed by atoms with Crippen molar-refractivity contribution in [2.45, 2.75) is 86.6 Å². The second-order valence-electron chi connectivity index (χ2n) is 11.6. The molecule has 1 aromatic carbocycles. The van der Waals surface area contributed by atoms with E-state index in [1.165, 1.54) is 58.9 Å². The van der Waals surface area contributed by atoms with E-state index in [1.54, 1.807) is 12.3 Å². The topological polar surface area (TPSA) is 82.8 Å². The normalized spacial score (nSPS) is 16.7. The van der Waals surface area contributed by atoms with Crippen molar-refractivity contribution in [1.82, 2.24) is 15.5 Å².